The number of nitrogens with zero attached hydrogens (tertiary/aromatic N) is 2. The van der Waals surface area contributed by atoms with Gasteiger partial charge in [0.1, 0.15) is 5.69 Å². The zero-order valence-electron chi connectivity index (χ0n) is 21.8. The molecule has 0 spiro atoms. The third-order valence-corrected chi connectivity index (χ3v) is 8.10. The van der Waals surface area contributed by atoms with Crippen molar-refractivity contribution in [1.29, 1.82) is 0 Å². The molecule has 2 aliphatic rings. The van der Waals surface area contributed by atoms with Crippen LogP contribution in [-0.2, 0) is 4.79 Å². The van der Waals surface area contributed by atoms with Crippen LogP contribution in [0.5, 0.6) is 0 Å². The third-order valence-electron chi connectivity index (χ3n) is 8.10. The minimum absolute atomic E-state index is 0.142. The molecule has 5 aromatic rings. The highest BCUT2D eigenvalue weighted by atomic mass is 16.3. The molecule has 1 aromatic carbocycles. The molecule has 7 rings (SSSR count). The van der Waals surface area contributed by atoms with Crippen LogP contribution in [0.15, 0.2) is 77.4 Å². The van der Waals surface area contributed by atoms with Crippen molar-refractivity contribution in [3.63, 3.8) is 0 Å². The lowest BCUT2D eigenvalue weighted by molar-refractivity contribution is -0.121. The molecule has 0 aliphatic heterocycles. The highest BCUT2D eigenvalue weighted by molar-refractivity contribution is 6.01. The maximum atomic E-state index is 12.7. The van der Waals surface area contributed by atoms with Gasteiger partial charge in [-0.2, -0.15) is 5.10 Å². The maximum Gasteiger partial charge on any atom is 0.224 e. The van der Waals surface area contributed by atoms with E-state index >= 15 is 0 Å². The average Bonchev–Trinajstić information content (AvgIpc) is 3.73. The smallest absolute Gasteiger partial charge is 0.224 e. The van der Waals surface area contributed by atoms with Crippen LogP contribution in [0.25, 0.3) is 49.9 Å². The number of amides is 1. The summed E-state index contributed by atoms with van der Waals surface area (Å²) >= 11 is 0. The largest absolute Gasteiger partial charge is 0.472 e. The fourth-order valence-corrected chi connectivity index (χ4v) is 6.09. The van der Waals surface area contributed by atoms with Crippen LogP contribution in [-0.4, -0.2) is 26.1 Å². The molecule has 4 heterocycles. The molecule has 7 heteroatoms. The quantitative estimate of drug-likeness (QED) is 0.217. The summed E-state index contributed by atoms with van der Waals surface area (Å²) < 4.78 is 5.32. The highest BCUT2D eigenvalue weighted by Crippen LogP contribution is 2.35. The number of furan rings is 1. The van der Waals surface area contributed by atoms with E-state index in [-0.39, 0.29) is 5.91 Å². The first-order chi connectivity index (χ1) is 19.2. The van der Waals surface area contributed by atoms with Crippen molar-refractivity contribution in [2.75, 3.05) is 0 Å². The predicted molar refractivity (Wildman–Crippen MR) is 154 cm³/mol. The Bertz CT molecular complexity index is 1710. The molecule has 39 heavy (non-hydrogen) atoms. The van der Waals surface area contributed by atoms with Crippen LogP contribution in [0, 0.1) is 5.92 Å². The molecule has 7 nitrogen and oxygen atoms in total. The van der Waals surface area contributed by atoms with Gasteiger partial charge in [0.15, 0.2) is 0 Å². The van der Waals surface area contributed by atoms with Crippen molar-refractivity contribution in [3.8, 4) is 22.5 Å². The first-order valence-corrected chi connectivity index (χ1v) is 13.9. The molecule has 2 aliphatic carbocycles. The number of hydrogen-bond donors (Lipinski definition) is 3. The average molecular weight is 518 g/mol. The predicted octanol–water partition coefficient (Wildman–Crippen LogP) is 7.51. The van der Waals surface area contributed by atoms with E-state index in [1.54, 1.807) is 12.5 Å². The molecule has 0 radical (unpaired) electrons. The Kier molecular flexibility index (Phi) is 6.11. The van der Waals surface area contributed by atoms with Crippen LogP contribution in [0.3, 0.4) is 0 Å². The second-order valence-corrected chi connectivity index (χ2v) is 10.8. The lowest BCUT2D eigenvalue weighted by Crippen LogP contribution is -2.26. The van der Waals surface area contributed by atoms with Gasteiger partial charge in [0, 0.05) is 34.0 Å². The van der Waals surface area contributed by atoms with Crippen molar-refractivity contribution in [2.45, 2.75) is 51.4 Å². The lowest BCUT2D eigenvalue weighted by atomic mass is 9.87. The number of benzene rings is 1. The van der Waals surface area contributed by atoms with Gasteiger partial charge in [-0.15, -0.1) is 0 Å². The van der Waals surface area contributed by atoms with Crippen LogP contribution in [0.4, 0.5) is 0 Å². The summed E-state index contributed by atoms with van der Waals surface area (Å²) in [5.74, 6) is 0.672. The molecule has 1 saturated carbocycles. The number of carbonyl (C=O) groups is 1. The summed E-state index contributed by atoms with van der Waals surface area (Å²) in [6.45, 7) is 0. The van der Waals surface area contributed by atoms with Crippen LogP contribution in [0.1, 0.15) is 57.1 Å². The van der Waals surface area contributed by atoms with Gasteiger partial charge in [-0.05, 0) is 73.1 Å². The van der Waals surface area contributed by atoms with E-state index in [9.17, 15) is 4.79 Å². The summed E-state index contributed by atoms with van der Waals surface area (Å²) in [7, 11) is 0. The Morgan fingerprint density at radius 3 is 2.87 bits per heavy atom. The lowest BCUT2D eigenvalue weighted by Gasteiger charge is -2.22. The second-order valence-electron chi connectivity index (χ2n) is 10.8. The molecule has 1 fully saturated rings. The van der Waals surface area contributed by atoms with Gasteiger partial charge in [-0.25, -0.2) is 0 Å². The number of fused-ring (bicyclic) bond motifs is 2. The summed E-state index contributed by atoms with van der Waals surface area (Å²) in [6.07, 6.45) is 18.1. The first-order valence-electron chi connectivity index (χ1n) is 13.9. The second kappa shape index (κ2) is 10.1. The van der Waals surface area contributed by atoms with E-state index in [1.807, 2.05) is 18.3 Å². The monoisotopic (exact) mass is 517 g/mol. The van der Waals surface area contributed by atoms with E-state index in [2.05, 4.69) is 56.9 Å². The summed E-state index contributed by atoms with van der Waals surface area (Å²) in [5, 5.41) is 13.1. The fraction of sp³-hybridized carbons (Fsp3) is 0.281. The van der Waals surface area contributed by atoms with Crippen molar-refractivity contribution in [2.24, 2.45) is 5.92 Å². The van der Waals surface area contributed by atoms with Gasteiger partial charge in [-0.3, -0.25) is 14.9 Å². The topological polar surface area (TPSA) is 99.6 Å². The Labute approximate surface area is 226 Å². The van der Waals surface area contributed by atoms with Crippen molar-refractivity contribution >= 4 is 33.3 Å². The standard InChI is InChI=1S/C32H31N5O2/c38-31(14-20-6-2-1-3-7-20)34-23-9-4-8-21(15-23)28-17-26-30(18-33-28)36-37-32(26)29-16-25-24(22-12-13-39-19-22)10-5-11-27(25)35-29/h5,8,10-13,15-20,35H,1-4,6-7,9,14H2,(H,34,38)(H,36,37). The molecule has 1 amide bonds. The van der Waals surface area contributed by atoms with Crippen LogP contribution < -0.4 is 5.32 Å². The summed E-state index contributed by atoms with van der Waals surface area (Å²) in [5.41, 5.74) is 8.75. The fourth-order valence-electron chi connectivity index (χ4n) is 6.09. The Hall–Kier alpha value is -4.39. The maximum absolute atomic E-state index is 12.7. The molecule has 3 N–H and O–H groups in total. The molecule has 196 valence electrons. The van der Waals surface area contributed by atoms with Crippen molar-refractivity contribution in [1.82, 2.24) is 25.5 Å². The zero-order valence-corrected chi connectivity index (χ0v) is 21.8. The number of rotatable bonds is 6. The molecule has 0 bridgehead atoms. The highest BCUT2D eigenvalue weighted by Gasteiger charge is 2.19. The zero-order chi connectivity index (χ0) is 26.2. The molecular formula is C32H31N5O2. The Morgan fingerprint density at radius 2 is 2.00 bits per heavy atom. The third kappa shape index (κ3) is 4.69. The van der Waals surface area contributed by atoms with Gasteiger partial charge in [0.2, 0.25) is 5.91 Å². The van der Waals surface area contributed by atoms with Crippen LogP contribution >= 0.6 is 0 Å². The Balaban J connectivity index is 1.17. The molecule has 4 aromatic heterocycles. The van der Waals surface area contributed by atoms with Gasteiger partial charge in [0.05, 0.1) is 35.6 Å². The van der Waals surface area contributed by atoms with Gasteiger partial charge < -0.3 is 14.7 Å². The SMILES string of the molecule is O=C(CC1CCCCC1)NC1=CC(c2cc3c(-c4cc5c(-c6ccoc6)cccc5[nH]4)n[nH]c3cn2)=CCC1. The number of allylic oxidation sites excluding steroid dienone is 4. The molecular weight excluding hydrogens is 486 g/mol. The number of aromatic nitrogens is 4. The van der Waals surface area contributed by atoms with Crippen LogP contribution in [0.2, 0.25) is 0 Å². The van der Waals surface area contributed by atoms with E-state index in [4.69, 9.17) is 9.40 Å². The molecule has 0 saturated heterocycles. The first kappa shape index (κ1) is 23.7. The van der Waals surface area contributed by atoms with Gasteiger partial charge in [-0.1, -0.05) is 37.5 Å². The Morgan fingerprint density at radius 1 is 1.08 bits per heavy atom. The number of H-pyrrole nitrogens is 2. The number of pyridine rings is 1. The van der Waals surface area contributed by atoms with Gasteiger partial charge >= 0.3 is 0 Å². The van der Waals surface area contributed by atoms with E-state index in [1.165, 1.54) is 32.1 Å². The minimum atomic E-state index is 0.142. The van der Waals surface area contributed by atoms with Crippen molar-refractivity contribution in [3.05, 3.63) is 78.7 Å². The van der Waals surface area contributed by atoms with E-state index in [0.29, 0.717) is 12.3 Å². The molecule has 0 atom stereocenters. The van der Waals surface area contributed by atoms with E-state index in [0.717, 1.165) is 74.1 Å². The molecule has 0 unspecified atom stereocenters. The summed E-state index contributed by atoms with van der Waals surface area (Å²) in [4.78, 5) is 21.0. The van der Waals surface area contributed by atoms with E-state index < -0.39 is 0 Å². The number of hydrogen-bond acceptors (Lipinski definition) is 4. The number of nitrogens with one attached hydrogen (secondary N) is 3. The number of carbonyl (C=O) groups excluding carboxylic acids is 1. The minimum Gasteiger partial charge on any atom is -0.472 e. The normalized spacial score (nSPS) is 16.4. The van der Waals surface area contributed by atoms with Gasteiger partial charge in [0.25, 0.3) is 0 Å². The van der Waals surface area contributed by atoms with Crippen molar-refractivity contribution < 1.29 is 9.21 Å². The summed E-state index contributed by atoms with van der Waals surface area (Å²) in [6, 6.07) is 12.4. The number of aromatic amines is 2.